The summed E-state index contributed by atoms with van der Waals surface area (Å²) in [5, 5.41) is 2.99. The highest BCUT2D eigenvalue weighted by Crippen LogP contribution is 2.26. The summed E-state index contributed by atoms with van der Waals surface area (Å²) >= 11 is 3.30. The van der Waals surface area contributed by atoms with E-state index in [1.807, 2.05) is 20.0 Å². The molecule has 0 heterocycles. The molecule has 0 radical (unpaired) electrons. The zero-order chi connectivity index (χ0) is 12.8. The summed E-state index contributed by atoms with van der Waals surface area (Å²) in [6.45, 7) is -0.197. The predicted octanol–water partition coefficient (Wildman–Crippen LogP) is 3.67. The highest BCUT2D eigenvalue weighted by Gasteiger charge is 2.08. The van der Waals surface area contributed by atoms with Crippen molar-refractivity contribution in [1.82, 2.24) is 5.32 Å². The fraction of sp³-hybridized carbons (Fsp3) is 0.333. The lowest BCUT2D eigenvalue weighted by atomic mass is 10.1. The molecule has 0 fully saturated rings. The molecular weight excluding hydrogens is 292 g/mol. The highest BCUT2D eigenvalue weighted by atomic mass is 79.9. The standard InChI is InChI=1S/C12H14BrF2NO/c1-8(7-16-2)5-9-6-10(13)3-4-11(9)17-12(14)15/h3-6,12,16H,7H2,1-2H3. The number of benzene rings is 1. The van der Waals surface area contributed by atoms with Gasteiger partial charge in [-0.05, 0) is 32.2 Å². The van der Waals surface area contributed by atoms with Crippen LogP contribution in [-0.4, -0.2) is 20.2 Å². The average Bonchev–Trinajstić information content (AvgIpc) is 2.22. The van der Waals surface area contributed by atoms with Gasteiger partial charge in [-0.25, -0.2) is 0 Å². The highest BCUT2D eigenvalue weighted by molar-refractivity contribution is 9.10. The summed E-state index contributed by atoms with van der Waals surface area (Å²) in [5.41, 5.74) is 1.66. The Hall–Kier alpha value is -0.940. The van der Waals surface area contributed by atoms with Crippen LogP contribution in [0.4, 0.5) is 8.78 Å². The van der Waals surface area contributed by atoms with E-state index in [0.29, 0.717) is 12.1 Å². The summed E-state index contributed by atoms with van der Waals surface area (Å²) in [5.74, 6) is 0.179. The molecule has 94 valence electrons. The summed E-state index contributed by atoms with van der Waals surface area (Å²) < 4.78 is 29.7. The maximum absolute atomic E-state index is 12.2. The van der Waals surface area contributed by atoms with Crippen LogP contribution in [0.3, 0.4) is 0 Å². The first-order valence-electron chi connectivity index (χ1n) is 5.09. The fourth-order valence-electron chi connectivity index (χ4n) is 1.43. The SMILES string of the molecule is CNCC(C)=Cc1cc(Br)ccc1OC(F)F. The molecule has 0 aliphatic rings. The van der Waals surface area contributed by atoms with E-state index < -0.39 is 6.61 Å². The molecule has 1 rings (SSSR count). The first-order valence-corrected chi connectivity index (χ1v) is 5.88. The monoisotopic (exact) mass is 305 g/mol. The number of rotatable bonds is 5. The van der Waals surface area contributed by atoms with Crippen LogP contribution in [0.5, 0.6) is 5.75 Å². The van der Waals surface area contributed by atoms with Crippen LogP contribution < -0.4 is 10.1 Å². The van der Waals surface area contributed by atoms with Gasteiger partial charge in [0.1, 0.15) is 5.75 Å². The van der Waals surface area contributed by atoms with Crippen molar-refractivity contribution in [1.29, 1.82) is 0 Å². The number of hydrogen-bond donors (Lipinski definition) is 1. The number of ether oxygens (including phenoxy) is 1. The van der Waals surface area contributed by atoms with Crippen molar-refractivity contribution in [3.8, 4) is 5.75 Å². The zero-order valence-corrected chi connectivity index (χ0v) is 11.2. The molecule has 0 aliphatic heterocycles. The second-order valence-corrected chi connectivity index (χ2v) is 4.50. The van der Waals surface area contributed by atoms with Crippen molar-refractivity contribution in [3.63, 3.8) is 0 Å². The maximum atomic E-state index is 12.2. The van der Waals surface area contributed by atoms with E-state index in [1.54, 1.807) is 12.1 Å². The van der Waals surface area contributed by atoms with Crippen LogP contribution >= 0.6 is 15.9 Å². The molecule has 0 saturated heterocycles. The largest absolute Gasteiger partial charge is 0.434 e. The lowest BCUT2D eigenvalue weighted by Crippen LogP contribution is -2.08. The van der Waals surface area contributed by atoms with E-state index in [4.69, 9.17) is 0 Å². The van der Waals surface area contributed by atoms with Crippen LogP contribution in [0.25, 0.3) is 6.08 Å². The van der Waals surface area contributed by atoms with Crippen LogP contribution in [0.15, 0.2) is 28.2 Å². The molecule has 17 heavy (non-hydrogen) atoms. The quantitative estimate of drug-likeness (QED) is 0.896. The van der Waals surface area contributed by atoms with Gasteiger partial charge in [0.05, 0.1) is 0 Å². The van der Waals surface area contributed by atoms with Crippen molar-refractivity contribution < 1.29 is 13.5 Å². The third-order valence-corrected chi connectivity index (χ3v) is 2.54. The Bertz CT molecular complexity index is 407. The van der Waals surface area contributed by atoms with Gasteiger partial charge in [0.25, 0.3) is 0 Å². The Morgan fingerprint density at radius 2 is 2.24 bits per heavy atom. The van der Waals surface area contributed by atoms with Gasteiger partial charge < -0.3 is 10.1 Å². The zero-order valence-electron chi connectivity index (χ0n) is 9.64. The Balaban J connectivity index is 3.02. The lowest BCUT2D eigenvalue weighted by Gasteiger charge is -2.09. The molecule has 1 aromatic carbocycles. The molecular formula is C12H14BrF2NO. The predicted molar refractivity (Wildman–Crippen MR) is 68.4 cm³/mol. The topological polar surface area (TPSA) is 21.3 Å². The van der Waals surface area contributed by atoms with Gasteiger partial charge in [-0.2, -0.15) is 8.78 Å². The molecule has 2 nitrogen and oxygen atoms in total. The van der Waals surface area contributed by atoms with Crippen molar-refractivity contribution in [3.05, 3.63) is 33.8 Å². The third kappa shape index (κ3) is 4.83. The maximum Gasteiger partial charge on any atom is 0.387 e. The van der Waals surface area contributed by atoms with Crippen molar-refractivity contribution >= 4 is 22.0 Å². The number of hydrogen-bond acceptors (Lipinski definition) is 2. The summed E-state index contributed by atoms with van der Waals surface area (Å²) in [6, 6.07) is 4.94. The van der Waals surface area contributed by atoms with Crippen molar-refractivity contribution in [2.24, 2.45) is 0 Å². The molecule has 1 N–H and O–H groups in total. The average molecular weight is 306 g/mol. The van der Waals surface area contributed by atoms with Gasteiger partial charge in [0, 0.05) is 16.6 Å². The first kappa shape index (κ1) is 14.1. The van der Waals surface area contributed by atoms with E-state index >= 15 is 0 Å². The molecule has 0 saturated carbocycles. The van der Waals surface area contributed by atoms with Crippen LogP contribution in [0.1, 0.15) is 12.5 Å². The Morgan fingerprint density at radius 3 is 2.82 bits per heavy atom. The third-order valence-electron chi connectivity index (χ3n) is 2.05. The first-order chi connectivity index (χ1) is 8.02. The number of alkyl halides is 2. The summed E-state index contributed by atoms with van der Waals surface area (Å²) in [4.78, 5) is 0. The smallest absolute Gasteiger partial charge is 0.387 e. The van der Waals surface area contributed by atoms with Gasteiger partial charge in [0.2, 0.25) is 0 Å². The second-order valence-electron chi connectivity index (χ2n) is 3.58. The summed E-state index contributed by atoms with van der Waals surface area (Å²) in [7, 11) is 1.83. The van der Waals surface area contributed by atoms with Crippen molar-refractivity contribution in [2.75, 3.05) is 13.6 Å². The van der Waals surface area contributed by atoms with Crippen molar-refractivity contribution in [2.45, 2.75) is 13.5 Å². The molecule has 1 aromatic rings. The molecule has 0 spiro atoms. The fourth-order valence-corrected chi connectivity index (χ4v) is 1.81. The minimum atomic E-state index is -2.81. The van der Waals surface area contributed by atoms with Gasteiger partial charge in [-0.1, -0.05) is 27.6 Å². The molecule has 0 aliphatic carbocycles. The Morgan fingerprint density at radius 1 is 1.53 bits per heavy atom. The van der Waals surface area contributed by atoms with E-state index in [-0.39, 0.29) is 5.75 Å². The molecule has 5 heteroatoms. The van der Waals surface area contributed by atoms with Gasteiger partial charge in [-0.3, -0.25) is 0 Å². The Labute approximate surface area is 108 Å². The Kier molecular flexibility index (Phi) is 5.58. The number of likely N-dealkylation sites (N-methyl/N-ethyl adjacent to an activating group) is 1. The normalized spacial score (nSPS) is 12.0. The van der Waals surface area contributed by atoms with Gasteiger partial charge in [-0.15, -0.1) is 0 Å². The number of halogens is 3. The van der Waals surface area contributed by atoms with Crippen LogP contribution in [0.2, 0.25) is 0 Å². The molecule has 0 amide bonds. The van der Waals surface area contributed by atoms with E-state index in [2.05, 4.69) is 26.0 Å². The van der Waals surface area contributed by atoms with Gasteiger partial charge in [0.15, 0.2) is 0 Å². The molecule has 0 aromatic heterocycles. The summed E-state index contributed by atoms with van der Waals surface area (Å²) in [6.07, 6.45) is 1.82. The minimum absolute atomic E-state index is 0.179. The molecule has 0 bridgehead atoms. The van der Waals surface area contributed by atoms with E-state index in [9.17, 15) is 8.78 Å². The second kappa shape index (κ2) is 6.71. The van der Waals surface area contributed by atoms with Gasteiger partial charge >= 0.3 is 6.61 Å². The lowest BCUT2D eigenvalue weighted by molar-refractivity contribution is -0.0500. The van der Waals surface area contributed by atoms with E-state index in [0.717, 1.165) is 10.0 Å². The molecule has 0 atom stereocenters. The number of nitrogens with one attached hydrogen (secondary N) is 1. The van der Waals surface area contributed by atoms with Crippen LogP contribution in [-0.2, 0) is 0 Å². The van der Waals surface area contributed by atoms with E-state index in [1.165, 1.54) is 6.07 Å². The van der Waals surface area contributed by atoms with Crippen LogP contribution in [0, 0.1) is 0 Å². The minimum Gasteiger partial charge on any atom is -0.434 e. The molecule has 0 unspecified atom stereocenters.